The van der Waals surface area contributed by atoms with Crippen molar-refractivity contribution >= 4 is 0 Å². The maximum absolute atomic E-state index is 9.20. The van der Waals surface area contributed by atoms with Crippen molar-refractivity contribution in [2.75, 3.05) is 0 Å². The van der Waals surface area contributed by atoms with E-state index in [-0.39, 0.29) is 11.5 Å². The van der Waals surface area contributed by atoms with Gasteiger partial charge in [-0.15, -0.1) is 0 Å². The van der Waals surface area contributed by atoms with Crippen molar-refractivity contribution in [2.24, 2.45) is 5.41 Å². The van der Waals surface area contributed by atoms with E-state index in [9.17, 15) is 5.11 Å². The highest BCUT2D eigenvalue weighted by Crippen LogP contribution is 2.35. The molecule has 0 radical (unpaired) electrons. The van der Waals surface area contributed by atoms with Crippen LogP contribution < -0.4 is 0 Å². The van der Waals surface area contributed by atoms with Crippen LogP contribution in [-0.4, -0.2) is 11.2 Å². The predicted molar refractivity (Wildman–Crippen MR) is 42.8 cm³/mol. The Morgan fingerprint density at radius 2 is 2.40 bits per heavy atom. The summed E-state index contributed by atoms with van der Waals surface area (Å²) in [7, 11) is 0. The van der Waals surface area contributed by atoms with Crippen LogP contribution in [0, 0.1) is 5.41 Å². The fourth-order valence-electron chi connectivity index (χ4n) is 1.71. The van der Waals surface area contributed by atoms with Crippen LogP contribution in [0.5, 0.6) is 0 Å². The fraction of sp³-hybridized carbons (Fsp3) is 0.778. The van der Waals surface area contributed by atoms with E-state index >= 15 is 0 Å². The molecule has 0 spiro atoms. The first kappa shape index (κ1) is 7.80. The molecule has 0 aromatic rings. The quantitative estimate of drug-likeness (QED) is 0.582. The van der Waals surface area contributed by atoms with Gasteiger partial charge in [0.05, 0.1) is 6.10 Å². The molecule has 1 aliphatic carbocycles. The van der Waals surface area contributed by atoms with Gasteiger partial charge in [-0.3, -0.25) is 0 Å². The van der Waals surface area contributed by atoms with E-state index in [1.165, 1.54) is 12.8 Å². The average molecular weight is 140 g/mol. The first-order valence-electron chi connectivity index (χ1n) is 4.04. The molecule has 0 saturated heterocycles. The molecule has 0 amide bonds. The molecule has 1 nitrogen and oxygen atoms in total. The third kappa shape index (κ3) is 1.60. The molecular weight excluding hydrogens is 124 g/mol. The highest BCUT2D eigenvalue weighted by Gasteiger charge is 2.27. The Hall–Kier alpha value is -0.300. The van der Waals surface area contributed by atoms with E-state index in [1.807, 2.05) is 6.08 Å². The van der Waals surface area contributed by atoms with Crippen molar-refractivity contribution in [3.63, 3.8) is 0 Å². The second-order valence-corrected chi connectivity index (χ2v) is 3.53. The van der Waals surface area contributed by atoms with Gasteiger partial charge >= 0.3 is 0 Å². The summed E-state index contributed by atoms with van der Waals surface area (Å²) in [4.78, 5) is 0. The molecule has 1 heteroatoms. The van der Waals surface area contributed by atoms with Crippen LogP contribution in [-0.2, 0) is 0 Å². The Morgan fingerprint density at radius 3 is 2.80 bits per heavy atom. The van der Waals surface area contributed by atoms with Crippen LogP contribution >= 0.6 is 0 Å². The van der Waals surface area contributed by atoms with Gasteiger partial charge in [-0.25, -0.2) is 0 Å². The summed E-state index contributed by atoms with van der Waals surface area (Å²) in [5.74, 6) is 0. The molecule has 0 fully saturated rings. The largest absolute Gasteiger partial charge is 0.389 e. The number of aliphatic hydroxyl groups excluding tert-OH is 1. The van der Waals surface area contributed by atoms with E-state index in [4.69, 9.17) is 0 Å². The lowest BCUT2D eigenvalue weighted by molar-refractivity contribution is 0.181. The van der Waals surface area contributed by atoms with Crippen molar-refractivity contribution < 1.29 is 5.11 Å². The van der Waals surface area contributed by atoms with Crippen molar-refractivity contribution in [1.29, 1.82) is 0 Å². The molecule has 0 saturated carbocycles. The molecule has 58 valence electrons. The van der Waals surface area contributed by atoms with Gasteiger partial charge in [0.15, 0.2) is 0 Å². The molecule has 0 bridgehead atoms. The van der Waals surface area contributed by atoms with E-state index in [0.717, 1.165) is 6.42 Å². The normalized spacial score (nSPS) is 38.9. The Labute approximate surface area is 62.8 Å². The van der Waals surface area contributed by atoms with Crippen molar-refractivity contribution in [3.8, 4) is 0 Å². The molecule has 1 rings (SSSR count). The summed E-state index contributed by atoms with van der Waals surface area (Å²) >= 11 is 0. The van der Waals surface area contributed by atoms with Crippen molar-refractivity contribution in [1.82, 2.24) is 0 Å². The summed E-state index contributed by atoms with van der Waals surface area (Å²) in [6.07, 6.45) is 7.20. The molecule has 0 aromatic heterocycles. The maximum atomic E-state index is 9.20. The minimum Gasteiger partial charge on any atom is -0.389 e. The Bertz CT molecular complexity index is 140. The van der Waals surface area contributed by atoms with Crippen LogP contribution in [0.15, 0.2) is 12.2 Å². The lowest BCUT2D eigenvalue weighted by Gasteiger charge is -2.20. The SMILES string of the molecule is CCCC1(C)C=CC(O)C1. The van der Waals surface area contributed by atoms with Gasteiger partial charge in [-0.05, 0) is 18.3 Å². The summed E-state index contributed by atoms with van der Waals surface area (Å²) in [5, 5.41) is 9.20. The second kappa shape index (κ2) is 2.75. The number of rotatable bonds is 2. The summed E-state index contributed by atoms with van der Waals surface area (Å²) in [6.45, 7) is 4.40. The first-order chi connectivity index (χ1) is 4.66. The molecule has 1 aliphatic rings. The Morgan fingerprint density at radius 1 is 1.70 bits per heavy atom. The fourth-order valence-corrected chi connectivity index (χ4v) is 1.71. The zero-order chi connectivity index (χ0) is 7.61. The molecule has 1 N–H and O–H groups in total. The number of allylic oxidation sites excluding steroid dienone is 1. The number of aliphatic hydroxyl groups is 1. The summed E-state index contributed by atoms with van der Waals surface area (Å²) < 4.78 is 0. The number of hydrogen-bond acceptors (Lipinski definition) is 1. The molecule has 0 aliphatic heterocycles. The molecule has 10 heavy (non-hydrogen) atoms. The predicted octanol–water partition coefficient (Wildman–Crippen LogP) is 2.11. The van der Waals surface area contributed by atoms with Gasteiger partial charge < -0.3 is 5.11 Å². The second-order valence-electron chi connectivity index (χ2n) is 3.53. The maximum Gasteiger partial charge on any atom is 0.0729 e. The van der Waals surface area contributed by atoms with Crippen LogP contribution in [0.4, 0.5) is 0 Å². The van der Waals surface area contributed by atoms with Gasteiger partial charge in [0, 0.05) is 0 Å². The van der Waals surface area contributed by atoms with Gasteiger partial charge in [0.25, 0.3) is 0 Å². The topological polar surface area (TPSA) is 20.2 Å². The van der Waals surface area contributed by atoms with Crippen LogP contribution in [0.2, 0.25) is 0 Å². The molecule has 2 unspecified atom stereocenters. The van der Waals surface area contributed by atoms with E-state index in [1.54, 1.807) is 0 Å². The van der Waals surface area contributed by atoms with Crippen molar-refractivity contribution in [3.05, 3.63) is 12.2 Å². The third-order valence-corrected chi connectivity index (χ3v) is 2.22. The Balaban J connectivity index is 2.48. The van der Waals surface area contributed by atoms with Gasteiger partial charge in [0.1, 0.15) is 0 Å². The van der Waals surface area contributed by atoms with Gasteiger partial charge in [0.2, 0.25) is 0 Å². The zero-order valence-electron chi connectivity index (χ0n) is 6.80. The summed E-state index contributed by atoms with van der Waals surface area (Å²) in [6, 6.07) is 0. The molecular formula is C9H16O. The monoisotopic (exact) mass is 140 g/mol. The molecule has 0 heterocycles. The lowest BCUT2D eigenvalue weighted by atomic mass is 9.85. The highest BCUT2D eigenvalue weighted by molar-refractivity contribution is 5.09. The van der Waals surface area contributed by atoms with E-state index in [0.29, 0.717) is 0 Å². The lowest BCUT2D eigenvalue weighted by Crippen LogP contribution is -2.13. The molecule has 2 atom stereocenters. The van der Waals surface area contributed by atoms with Crippen LogP contribution in [0.25, 0.3) is 0 Å². The van der Waals surface area contributed by atoms with Crippen molar-refractivity contribution in [2.45, 2.75) is 39.2 Å². The zero-order valence-corrected chi connectivity index (χ0v) is 6.80. The Kier molecular flexibility index (Phi) is 2.14. The van der Waals surface area contributed by atoms with Gasteiger partial charge in [-0.1, -0.05) is 32.4 Å². The van der Waals surface area contributed by atoms with E-state index < -0.39 is 0 Å². The standard InChI is InChI=1S/C9H16O/c1-3-5-9(2)6-4-8(10)7-9/h4,6,8,10H,3,5,7H2,1-2H3. The number of hydrogen-bond donors (Lipinski definition) is 1. The smallest absolute Gasteiger partial charge is 0.0729 e. The summed E-state index contributed by atoms with van der Waals surface area (Å²) in [5.41, 5.74) is 0.286. The minimum absolute atomic E-state index is 0.184. The van der Waals surface area contributed by atoms with Crippen LogP contribution in [0.3, 0.4) is 0 Å². The van der Waals surface area contributed by atoms with E-state index in [2.05, 4.69) is 19.9 Å². The highest BCUT2D eigenvalue weighted by atomic mass is 16.3. The molecule has 0 aromatic carbocycles. The van der Waals surface area contributed by atoms with Crippen LogP contribution in [0.1, 0.15) is 33.1 Å². The third-order valence-electron chi connectivity index (χ3n) is 2.22. The minimum atomic E-state index is -0.184. The first-order valence-corrected chi connectivity index (χ1v) is 4.04. The van der Waals surface area contributed by atoms with Gasteiger partial charge in [-0.2, -0.15) is 0 Å². The average Bonchev–Trinajstić information content (AvgIpc) is 2.12.